The molecule has 0 saturated heterocycles. The first kappa shape index (κ1) is 22.3. The Labute approximate surface area is 182 Å². The van der Waals surface area contributed by atoms with Gasteiger partial charge in [-0.1, -0.05) is 0 Å². The summed E-state index contributed by atoms with van der Waals surface area (Å²) in [5.74, 6) is 0. The standard InChI is InChI=1S/C15H10N8O8Se/c24-20(25)11-1-9(2-12(5-11)21(26)27)7-19-17-15(16-18-19)32-8-10-3-13(22(28)29)6-14(4-10)23(30)31/h1-6H,7-8H2. The Balaban J connectivity index is 1.75. The molecule has 0 N–H and O–H groups in total. The predicted octanol–water partition coefficient (Wildman–Crippen LogP) is 0.884. The van der Waals surface area contributed by atoms with Crippen LogP contribution in [0.5, 0.6) is 0 Å². The number of nitro benzene ring substituents is 4. The maximum absolute atomic E-state index is 11.0. The molecular formula is C15H10N8O8Se. The monoisotopic (exact) mass is 510 g/mol. The van der Waals surface area contributed by atoms with Gasteiger partial charge in [-0.15, -0.1) is 0 Å². The maximum atomic E-state index is 11.0. The van der Waals surface area contributed by atoms with Gasteiger partial charge in [0, 0.05) is 0 Å². The summed E-state index contributed by atoms with van der Waals surface area (Å²) >= 11 is -0.490. The molecule has 164 valence electrons. The van der Waals surface area contributed by atoms with Crippen molar-refractivity contribution in [2.24, 2.45) is 0 Å². The Morgan fingerprint density at radius 1 is 0.719 bits per heavy atom. The van der Waals surface area contributed by atoms with E-state index in [1.807, 2.05) is 0 Å². The number of nitrogens with zero attached hydrogens (tertiary/aromatic N) is 8. The number of hydrogen-bond acceptors (Lipinski definition) is 11. The summed E-state index contributed by atoms with van der Waals surface area (Å²) < 4.78 is 0.270. The number of tetrazole rings is 1. The zero-order valence-corrected chi connectivity index (χ0v) is 17.3. The van der Waals surface area contributed by atoms with Gasteiger partial charge < -0.3 is 0 Å². The fraction of sp³-hybridized carbons (Fsp3) is 0.133. The molecule has 0 aliphatic heterocycles. The normalized spacial score (nSPS) is 10.6. The van der Waals surface area contributed by atoms with E-state index in [1.54, 1.807) is 0 Å². The molecule has 1 heterocycles. The molecule has 2 aromatic carbocycles. The van der Waals surface area contributed by atoms with E-state index in [0.29, 0.717) is 5.56 Å². The molecule has 0 bridgehead atoms. The molecule has 0 saturated carbocycles. The summed E-state index contributed by atoms with van der Waals surface area (Å²) in [5.41, 5.74) is -1.15. The van der Waals surface area contributed by atoms with E-state index < -0.39 is 57.4 Å². The Morgan fingerprint density at radius 2 is 1.16 bits per heavy atom. The average Bonchev–Trinajstić information content (AvgIpc) is 3.18. The van der Waals surface area contributed by atoms with Crippen LogP contribution in [0.4, 0.5) is 22.7 Å². The molecule has 17 heteroatoms. The van der Waals surface area contributed by atoms with Gasteiger partial charge in [0.25, 0.3) is 0 Å². The van der Waals surface area contributed by atoms with Gasteiger partial charge in [0.2, 0.25) is 0 Å². The van der Waals surface area contributed by atoms with Crippen LogP contribution in [-0.4, -0.2) is 54.9 Å². The Bertz CT molecular complexity index is 1180. The predicted molar refractivity (Wildman–Crippen MR) is 106 cm³/mol. The van der Waals surface area contributed by atoms with E-state index in [-0.39, 0.29) is 22.2 Å². The molecule has 0 atom stereocenters. The second-order valence-corrected chi connectivity index (χ2v) is 8.11. The molecular weight excluding hydrogens is 499 g/mol. The van der Waals surface area contributed by atoms with Crippen molar-refractivity contribution >= 4 is 42.4 Å². The number of benzene rings is 2. The van der Waals surface area contributed by atoms with Crippen molar-refractivity contribution in [1.29, 1.82) is 0 Å². The van der Waals surface area contributed by atoms with Crippen LogP contribution < -0.4 is 4.72 Å². The van der Waals surface area contributed by atoms with Crippen LogP contribution in [0, 0.1) is 40.5 Å². The van der Waals surface area contributed by atoms with Gasteiger partial charge in [0.05, 0.1) is 0 Å². The van der Waals surface area contributed by atoms with Gasteiger partial charge in [-0.25, -0.2) is 0 Å². The van der Waals surface area contributed by atoms with Crippen LogP contribution in [0.3, 0.4) is 0 Å². The fourth-order valence-corrected chi connectivity index (χ4v) is 4.06. The van der Waals surface area contributed by atoms with Crippen LogP contribution in [0.2, 0.25) is 0 Å². The van der Waals surface area contributed by atoms with Gasteiger partial charge in [-0.2, -0.15) is 0 Å². The Hall–Kier alpha value is -4.37. The van der Waals surface area contributed by atoms with Crippen LogP contribution >= 0.6 is 0 Å². The van der Waals surface area contributed by atoms with Crippen LogP contribution in [-0.2, 0) is 11.9 Å². The Kier molecular flexibility index (Phi) is 6.41. The number of hydrogen-bond donors (Lipinski definition) is 0. The number of aromatic nitrogens is 4. The second kappa shape index (κ2) is 9.19. The summed E-state index contributed by atoms with van der Waals surface area (Å²) in [5, 5.41) is 55.9. The molecule has 3 aromatic rings. The zero-order chi connectivity index (χ0) is 23.4. The van der Waals surface area contributed by atoms with Crippen molar-refractivity contribution in [3.8, 4) is 0 Å². The van der Waals surface area contributed by atoms with Crippen LogP contribution in [0.25, 0.3) is 0 Å². The quantitative estimate of drug-likeness (QED) is 0.224. The molecule has 0 aliphatic rings. The summed E-state index contributed by atoms with van der Waals surface area (Å²) in [4.78, 5) is 42.1. The van der Waals surface area contributed by atoms with Gasteiger partial charge >= 0.3 is 182 Å². The first-order valence-corrected chi connectivity index (χ1v) is 10.5. The first-order valence-electron chi connectivity index (χ1n) is 8.38. The summed E-state index contributed by atoms with van der Waals surface area (Å²) in [6, 6.07) is 6.46. The molecule has 0 spiro atoms. The minimum absolute atomic E-state index is 0.117. The van der Waals surface area contributed by atoms with Crippen molar-refractivity contribution in [3.05, 3.63) is 88.0 Å². The van der Waals surface area contributed by atoms with E-state index in [2.05, 4.69) is 15.4 Å². The van der Waals surface area contributed by atoms with E-state index >= 15 is 0 Å². The molecule has 32 heavy (non-hydrogen) atoms. The second-order valence-electron chi connectivity index (χ2n) is 6.13. The first-order chi connectivity index (χ1) is 15.1. The molecule has 16 nitrogen and oxygen atoms in total. The van der Waals surface area contributed by atoms with Crippen molar-refractivity contribution in [1.82, 2.24) is 20.2 Å². The summed E-state index contributed by atoms with van der Waals surface area (Å²) in [6.07, 6.45) is 0. The minimum atomic E-state index is -0.752. The summed E-state index contributed by atoms with van der Waals surface area (Å²) in [7, 11) is 0. The topological polar surface area (TPSA) is 216 Å². The molecule has 0 unspecified atom stereocenters. The van der Waals surface area contributed by atoms with Gasteiger partial charge in [0.15, 0.2) is 0 Å². The zero-order valence-electron chi connectivity index (χ0n) is 15.6. The van der Waals surface area contributed by atoms with Crippen molar-refractivity contribution < 1.29 is 19.7 Å². The third-order valence-electron chi connectivity index (χ3n) is 3.89. The third kappa shape index (κ3) is 5.41. The molecule has 0 amide bonds. The van der Waals surface area contributed by atoms with Gasteiger partial charge in [0.1, 0.15) is 0 Å². The number of non-ortho nitro benzene ring substituents is 4. The van der Waals surface area contributed by atoms with E-state index in [1.165, 1.54) is 12.1 Å². The molecule has 1 aromatic heterocycles. The molecule has 0 fully saturated rings. The number of rotatable bonds is 9. The average molecular weight is 509 g/mol. The Morgan fingerprint density at radius 3 is 1.59 bits per heavy atom. The van der Waals surface area contributed by atoms with E-state index in [0.717, 1.165) is 29.1 Å². The SMILES string of the molecule is O=[N+]([O-])c1cc(C[Se]c2nnn(Cc3cc([N+](=O)[O-])cc([N+](=O)[O-])c3)n2)cc([N+](=O)[O-])c1. The van der Waals surface area contributed by atoms with Crippen molar-refractivity contribution in [2.75, 3.05) is 0 Å². The third-order valence-corrected chi connectivity index (χ3v) is 5.78. The van der Waals surface area contributed by atoms with Crippen LogP contribution in [0.15, 0.2) is 36.4 Å². The van der Waals surface area contributed by atoms with Crippen molar-refractivity contribution in [2.45, 2.75) is 11.9 Å². The molecule has 3 rings (SSSR count). The van der Waals surface area contributed by atoms with Crippen LogP contribution in [0.1, 0.15) is 11.1 Å². The number of nitro groups is 4. The van der Waals surface area contributed by atoms with E-state index in [9.17, 15) is 40.5 Å². The van der Waals surface area contributed by atoms with E-state index in [4.69, 9.17) is 0 Å². The van der Waals surface area contributed by atoms with Gasteiger partial charge in [-0.3, -0.25) is 0 Å². The van der Waals surface area contributed by atoms with Gasteiger partial charge in [-0.05, 0) is 0 Å². The van der Waals surface area contributed by atoms with Crippen molar-refractivity contribution in [3.63, 3.8) is 0 Å². The summed E-state index contributed by atoms with van der Waals surface area (Å²) in [6.45, 7) is -0.117. The fourth-order valence-electron chi connectivity index (χ4n) is 2.57. The molecule has 0 aliphatic carbocycles. The molecule has 0 radical (unpaired) electrons.